The van der Waals surface area contributed by atoms with Gasteiger partial charge in [0.2, 0.25) is 0 Å². The van der Waals surface area contributed by atoms with Gasteiger partial charge in [0.1, 0.15) is 0 Å². The second-order valence-corrected chi connectivity index (χ2v) is 2.53. The van der Waals surface area contributed by atoms with Gasteiger partial charge in [0.05, 0.1) is 0 Å². The first kappa shape index (κ1) is 6.48. The molecule has 1 aliphatic rings. The lowest BCUT2D eigenvalue weighted by atomic mass is 10.5. The van der Waals surface area contributed by atoms with E-state index in [0.717, 1.165) is 0 Å². The second-order valence-electron chi connectivity index (χ2n) is 2.09. The summed E-state index contributed by atoms with van der Waals surface area (Å²) in [5, 5.41) is 4.02. The van der Waals surface area contributed by atoms with E-state index < -0.39 is 0 Å². The van der Waals surface area contributed by atoms with Gasteiger partial charge >= 0.3 is 0 Å². The first-order chi connectivity index (χ1) is 4.29. The highest BCUT2D eigenvalue weighted by Gasteiger charge is 2.18. The summed E-state index contributed by atoms with van der Waals surface area (Å²) in [4.78, 5) is 0. The topological polar surface area (TPSA) is 50.4 Å². The van der Waals surface area contributed by atoms with Gasteiger partial charge in [-0.2, -0.15) is 5.10 Å². The highest BCUT2D eigenvalue weighted by atomic mass is 32.1. The molecule has 0 bridgehead atoms. The summed E-state index contributed by atoms with van der Waals surface area (Å²) in [5.74, 6) is 0.673. The number of hydrogen-bond acceptors (Lipinski definition) is 2. The predicted molar refractivity (Wildman–Crippen MR) is 41.1 cm³/mol. The van der Waals surface area contributed by atoms with Crippen LogP contribution in [0, 0.1) is 5.92 Å². The third-order valence-electron chi connectivity index (χ3n) is 1.08. The molecule has 0 aliphatic heterocycles. The summed E-state index contributed by atoms with van der Waals surface area (Å²) in [6, 6.07) is 0. The van der Waals surface area contributed by atoms with E-state index in [4.69, 9.17) is 5.73 Å². The van der Waals surface area contributed by atoms with E-state index in [1.807, 2.05) is 6.21 Å². The van der Waals surface area contributed by atoms with Gasteiger partial charge in [-0.3, -0.25) is 5.43 Å². The van der Waals surface area contributed by atoms with Crippen molar-refractivity contribution in [1.29, 1.82) is 0 Å². The summed E-state index contributed by atoms with van der Waals surface area (Å²) in [6.07, 6.45) is 4.35. The van der Waals surface area contributed by atoms with Crippen LogP contribution >= 0.6 is 12.2 Å². The third kappa shape index (κ3) is 3.03. The van der Waals surface area contributed by atoms with Gasteiger partial charge < -0.3 is 5.73 Å². The van der Waals surface area contributed by atoms with E-state index in [-0.39, 0.29) is 5.11 Å². The number of hydrogen-bond donors (Lipinski definition) is 2. The minimum atomic E-state index is 0.229. The molecule has 0 aromatic rings. The molecule has 0 spiro atoms. The molecule has 1 aliphatic carbocycles. The Balaban J connectivity index is 2.08. The number of hydrazone groups is 1. The van der Waals surface area contributed by atoms with Crippen LogP contribution in [-0.2, 0) is 0 Å². The summed E-state index contributed by atoms with van der Waals surface area (Å²) >= 11 is 4.52. The monoisotopic (exact) mass is 143 g/mol. The number of rotatable bonds is 2. The van der Waals surface area contributed by atoms with E-state index in [1.54, 1.807) is 0 Å². The first-order valence-electron chi connectivity index (χ1n) is 2.87. The van der Waals surface area contributed by atoms with Gasteiger partial charge in [-0.1, -0.05) is 0 Å². The minimum Gasteiger partial charge on any atom is -0.375 e. The van der Waals surface area contributed by atoms with Crippen molar-refractivity contribution in [3.63, 3.8) is 0 Å². The van der Waals surface area contributed by atoms with Crippen LogP contribution in [0.2, 0.25) is 0 Å². The minimum absolute atomic E-state index is 0.229. The van der Waals surface area contributed by atoms with Crippen molar-refractivity contribution in [1.82, 2.24) is 5.43 Å². The Hall–Kier alpha value is -0.640. The van der Waals surface area contributed by atoms with Crippen molar-refractivity contribution in [2.24, 2.45) is 16.8 Å². The summed E-state index contributed by atoms with van der Waals surface area (Å²) < 4.78 is 0. The van der Waals surface area contributed by atoms with Gasteiger partial charge in [-0.05, 0) is 31.0 Å². The summed E-state index contributed by atoms with van der Waals surface area (Å²) in [7, 11) is 0. The number of thiocarbonyl (C=S) groups is 1. The maximum Gasteiger partial charge on any atom is 0.184 e. The van der Waals surface area contributed by atoms with E-state index in [0.29, 0.717) is 5.92 Å². The van der Waals surface area contributed by atoms with Gasteiger partial charge in [0.15, 0.2) is 5.11 Å². The van der Waals surface area contributed by atoms with Crippen molar-refractivity contribution in [2.75, 3.05) is 0 Å². The normalized spacial score (nSPS) is 18.2. The fourth-order valence-corrected chi connectivity index (χ4v) is 0.504. The highest BCUT2D eigenvalue weighted by molar-refractivity contribution is 7.80. The number of nitrogens with two attached hydrogens (primary N) is 1. The van der Waals surface area contributed by atoms with E-state index >= 15 is 0 Å². The molecular formula is C5H9N3S. The number of nitrogens with one attached hydrogen (secondary N) is 1. The van der Waals surface area contributed by atoms with Gasteiger partial charge in [0, 0.05) is 6.21 Å². The molecule has 1 saturated carbocycles. The molecule has 0 atom stereocenters. The average Bonchev–Trinajstić information content (AvgIpc) is 2.48. The van der Waals surface area contributed by atoms with Crippen LogP contribution in [0.1, 0.15) is 12.8 Å². The molecule has 0 aromatic heterocycles. The zero-order valence-corrected chi connectivity index (χ0v) is 5.82. The molecule has 50 valence electrons. The van der Waals surface area contributed by atoms with E-state index in [2.05, 4.69) is 22.7 Å². The molecule has 4 heteroatoms. The lowest BCUT2D eigenvalue weighted by Crippen LogP contribution is -2.24. The van der Waals surface area contributed by atoms with Gasteiger partial charge in [-0.25, -0.2) is 0 Å². The van der Waals surface area contributed by atoms with Crippen molar-refractivity contribution < 1.29 is 0 Å². The van der Waals surface area contributed by atoms with Crippen LogP contribution in [0.5, 0.6) is 0 Å². The van der Waals surface area contributed by atoms with Crippen LogP contribution in [0.3, 0.4) is 0 Å². The molecule has 0 radical (unpaired) electrons. The van der Waals surface area contributed by atoms with Gasteiger partial charge in [-0.15, -0.1) is 0 Å². The van der Waals surface area contributed by atoms with Crippen molar-refractivity contribution in [3.8, 4) is 0 Å². The molecule has 0 amide bonds. The molecule has 0 unspecified atom stereocenters. The molecular weight excluding hydrogens is 134 g/mol. The highest BCUT2D eigenvalue weighted by Crippen LogP contribution is 2.25. The SMILES string of the molecule is NC(=S)NN=CC1CC1. The zero-order valence-electron chi connectivity index (χ0n) is 5.00. The lowest BCUT2D eigenvalue weighted by molar-refractivity contribution is 1.02. The maximum atomic E-state index is 5.11. The Morgan fingerprint density at radius 3 is 2.89 bits per heavy atom. The average molecular weight is 143 g/mol. The van der Waals surface area contributed by atoms with Crippen LogP contribution in [-0.4, -0.2) is 11.3 Å². The van der Waals surface area contributed by atoms with Crippen molar-refractivity contribution in [2.45, 2.75) is 12.8 Å². The first-order valence-corrected chi connectivity index (χ1v) is 3.28. The molecule has 1 fully saturated rings. The zero-order chi connectivity index (χ0) is 6.69. The van der Waals surface area contributed by atoms with E-state index in [9.17, 15) is 0 Å². The molecule has 9 heavy (non-hydrogen) atoms. The van der Waals surface area contributed by atoms with E-state index in [1.165, 1.54) is 12.8 Å². The van der Waals surface area contributed by atoms with Gasteiger partial charge in [0.25, 0.3) is 0 Å². The quantitative estimate of drug-likeness (QED) is 0.330. The summed E-state index contributed by atoms with van der Waals surface area (Å²) in [6.45, 7) is 0. The van der Waals surface area contributed by atoms with Crippen molar-refractivity contribution >= 4 is 23.5 Å². The Labute approximate surface area is 59.3 Å². The van der Waals surface area contributed by atoms with Crippen LogP contribution < -0.4 is 11.2 Å². The fourth-order valence-electron chi connectivity index (χ4n) is 0.452. The van der Waals surface area contributed by atoms with Crippen LogP contribution in [0.25, 0.3) is 0 Å². The Morgan fingerprint density at radius 2 is 2.44 bits per heavy atom. The number of nitrogens with zero attached hydrogens (tertiary/aromatic N) is 1. The van der Waals surface area contributed by atoms with Crippen molar-refractivity contribution in [3.05, 3.63) is 0 Å². The fraction of sp³-hybridized carbons (Fsp3) is 0.600. The Bertz CT molecular complexity index is 139. The molecule has 0 aromatic carbocycles. The molecule has 1 rings (SSSR count). The molecule has 0 saturated heterocycles. The molecule has 0 heterocycles. The second kappa shape index (κ2) is 2.77. The summed E-state index contributed by atoms with van der Waals surface area (Å²) in [5.41, 5.74) is 7.60. The Morgan fingerprint density at radius 1 is 1.78 bits per heavy atom. The maximum absolute atomic E-state index is 5.11. The third-order valence-corrected chi connectivity index (χ3v) is 1.17. The Kier molecular flexibility index (Phi) is 2.00. The molecule has 3 N–H and O–H groups in total. The largest absolute Gasteiger partial charge is 0.375 e. The van der Waals surface area contributed by atoms with Crippen LogP contribution in [0.4, 0.5) is 0 Å². The standard InChI is InChI=1S/C5H9N3S/c6-5(9)8-7-3-4-1-2-4/h3-4H,1-2H2,(H3,6,8,9). The lowest BCUT2D eigenvalue weighted by Gasteiger charge is -1.90. The smallest absolute Gasteiger partial charge is 0.184 e. The predicted octanol–water partition coefficient (Wildman–Crippen LogP) is 0.215. The molecule has 3 nitrogen and oxygen atoms in total. The van der Waals surface area contributed by atoms with Crippen LogP contribution in [0.15, 0.2) is 5.10 Å².